The quantitative estimate of drug-likeness (QED) is 0.497. The summed E-state index contributed by atoms with van der Waals surface area (Å²) in [6.45, 7) is 4.07. The lowest BCUT2D eigenvalue weighted by Crippen LogP contribution is -2.36. The molecule has 2 heterocycles. The van der Waals surface area contributed by atoms with Crippen LogP contribution < -0.4 is 10.9 Å². The molecule has 4 rings (SSSR count). The summed E-state index contributed by atoms with van der Waals surface area (Å²) in [7, 11) is 0. The summed E-state index contributed by atoms with van der Waals surface area (Å²) < 4.78 is 1.94. The summed E-state index contributed by atoms with van der Waals surface area (Å²) in [6, 6.07) is 21.6. The number of nitrogens with one attached hydrogen (secondary N) is 1. The number of hydrogen-bond donors (Lipinski definition) is 1. The number of aromatic nitrogens is 2. The normalized spacial score (nSPS) is 12.2. The van der Waals surface area contributed by atoms with Gasteiger partial charge in [0, 0.05) is 4.88 Å². The molecule has 0 saturated heterocycles. The van der Waals surface area contributed by atoms with E-state index in [0.29, 0.717) is 10.2 Å². The molecule has 5 nitrogen and oxygen atoms in total. The molecule has 0 unspecified atom stereocenters. The summed E-state index contributed by atoms with van der Waals surface area (Å²) in [5, 5.41) is 3.06. The zero-order valence-corrected chi connectivity index (χ0v) is 17.7. The van der Waals surface area contributed by atoms with Crippen molar-refractivity contribution in [2.45, 2.75) is 26.4 Å². The first kappa shape index (κ1) is 20.0. The van der Waals surface area contributed by atoms with E-state index >= 15 is 0 Å². The van der Waals surface area contributed by atoms with Gasteiger partial charge in [0.05, 0.1) is 17.9 Å². The summed E-state index contributed by atoms with van der Waals surface area (Å²) in [6.07, 6.45) is 1.46. The topological polar surface area (TPSA) is 64.0 Å². The lowest BCUT2D eigenvalue weighted by Gasteiger charge is -2.23. The number of carbonyl (C=O) groups is 1. The van der Waals surface area contributed by atoms with E-state index in [2.05, 4.69) is 24.1 Å². The number of nitrogens with zero attached hydrogens (tertiary/aromatic N) is 2. The van der Waals surface area contributed by atoms with E-state index in [9.17, 15) is 9.59 Å². The van der Waals surface area contributed by atoms with E-state index in [0.717, 1.165) is 16.0 Å². The van der Waals surface area contributed by atoms with E-state index in [1.54, 1.807) is 0 Å². The molecule has 2 aromatic heterocycles. The Morgan fingerprint density at radius 2 is 1.73 bits per heavy atom. The van der Waals surface area contributed by atoms with Crippen molar-refractivity contribution in [2.75, 3.05) is 0 Å². The number of benzene rings is 2. The van der Waals surface area contributed by atoms with Crippen LogP contribution in [0.15, 0.2) is 77.9 Å². The Kier molecular flexibility index (Phi) is 5.77. The monoisotopic (exact) mass is 417 g/mol. The third-order valence-corrected chi connectivity index (χ3v) is 6.18. The van der Waals surface area contributed by atoms with Crippen molar-refractivity contribution in [3.63, 3.8) is 0 Å². The molecule has 152 valence electrons. The van der Waals surface area contributed by atoms with Crippen molar-refractivity contribution in [2.24, 2.45) is 5.92 Å². The van der Waals surface area contributed by atoms with Crippen molar-refractivity contribution >= 4 is 27.5 Å². The average molecular weight is 418 g/mol. The molecule has 0 radical (unpaired) electrons. The molecule has 0 fully saturated rings. The van der Waals surface area contributed by atoms with Gasteiger partial charge in [-0.25, -0.2) is 4.98 Å². The molecule has 1 amide bonds. The van der Waals surface area contributed by atoms with Gasteiger partial charge in [-0.05, 0) is 23.1 Å². The highest BCUT2D eigenvalue weighted by Crippen LogP contribution is 2.30. The highest BCUT2D eigenvalue weighted by Gasteiger charge is 2.19. The molecule has 4 aromatic rings. The third-order valence-electron chi connectivity index (χ3n) is 5.02. The average Bonchev–Trinajstić information content (AvgIpc) is 3.20. The van der Waals surface area contributed by atoms with Gasteiger partial charge in [0.15, 0.2) is 0 Å². The molecule has 1 N–H and O–H groups in total. The maximum Gasteiger partial charge on any atom is 0.271 e. The van der Waals surface area contributed by atoms with Crippen LogP contribution in [-0.2, 0) is 11.3 Å². The predicted molar refractivity (Wildman–Crippen MR) is 121 cm³/mol. The van der Waals surface area contributed by atoms with Crippen molar-refractivity contribution < 1.29 is 4.79 Å². The Labute approximate surface area is 179 Å². The molecule has 1 atom stereocenters. The molecule has 6 heteroatoms. The van der Waals surface area contributed by atoms with Crippen LogP contribution in [0.5, 0.6) is 0 Å². The van der Waals surface area contributed by atoms with Gasteiger partial charge in [0.25, 0.3) is 5.56 Å². The molecule has 30 heavy (non-hydrogen) atoms. The van der Waals surface area contributed by atoms with Crippen LogP contribution in [0.2, 0.25) is 0 Å². The second-order valence-electron chi connectivity index (χ2n) is 7.57. The molecule has 0 aliphatic rings. The minimum Gasteiger partial charge on any atom is -0.347 e. The smallest absolute Gasteiger partial charge is 0.271 e. The van der Waals surface area contributed by atoms with Gasteiger partial charge in [-0.1, -0.05) is 74.5 Å². The minimum absolute atomic E-state index is 0.0591. The molecule has 0 aliphatic heterocycles. The second kappa shape index (κ2) is 8.63. The number of amides is 1. The summed E-state index contributed by atoms with van der Waals surface area (Å²) in [5.41, 5.74) is 2.56. The Hall–Kier alpha value is -3.25. The van der Waals surface area contributed by atoms with E-state index < -0.39 is 0 Å². The van der Waals surface area contributed by atoms with E-state index in [1.165, 1.54) is 22.2 Å². The molecule has 0 spiro atoms. The lowest BCUT2D eigenvalue weighted by molar-refractivity contribution is -0.122. The van der Waals surface area contributed by atoms with Crippen molar-refractivity contribution in [1.29, 1.82) is 0 Å². The molecular formula is C24H23N3O2S. The van der Waals surface area contributed by atoms with Gasteiger partial charge >= 0.3 is 0 Å². The Morgan fingerprint density at radius 1 is 1.07 bits per heavy atom. The zero-order chi connectivity index (χ0) is 21.1. The lowest BCUT2D eigenvalue weighted by atomic mass is 9.96. The minimum atomic E-state index is -0.208. The van der Waals surface area contributed by atoms with E-state index in [4.69, 9.17) is 0 Å². The SMILES string of the molecule is CC(C)[C@@H](NC(=O)Cn1cnc2cc(-c3ccccc3)sc2c1=O)c1ccccc1. The van der Waals surface area contributed by atoms with Crippen LogP contribution >= 0.6 is 11.3 Å². The fourth-order valence-corrected chi connectivity index (χ4v) is 4.54. The Balaban J connectivity index is 1.57. The highest BCUT2D eigenvalue weighted by molar-refractivity contribution is 7.22. The van der Waals surface area contributed by atoms with Crippen LogP contribution in [0.1, 0.15) is 25.5 Å². The first-order chi connectivity index (χ1) is 14.5. The first-order valence-electron chi connectivity index (χ1n) is 9.91. The van der Waals surface area contributed by atoms with E-state index in [1.807, 2.05) is 66.7 Å². The van der Waals surface area contributed by atoms with Gasteiger partial charge in [0.1, 0.15) is 11.2 Å². The van der Waals surface area contributed by atoms with Crippen LogP contribution in [0.3, 0.4) is 0 Å². The first-order valence-corrected chi connectivity index (χ1v) is 10.7. The number of fused-ring (bicyclic) bond motifs is 1. The summed E-state index contributed by atoms with van der Waals surface area (Å²) in [4.78, 5) is 31.1. The van der Waals surface area contributed by atoms with Crippen LogP contribution in [0.25, 0.3) is 20.7 Å². The van der Waals surface area contributed by atoms with Gasteiger partial charge in [-0.2, -0.15) is 0 Å². The van der Waals surface area contributed by atoms with Crippen LogP contribution in [-0.4, -0.2) is 15.5 Å². The third kappa shape index (κ3) is 4.19. The van der Waals surface area contributed by atoms with Crippen LogP contribution in [0, 0.1) is 5.92 Å². The number of thiophene rings is 1. The fourth-order valence-electron chi connectivity index (χ4n) is 3.47. The van der Waals surface area contributed by atoms with Gasteiger partial charge < -0.3 is 5.32 Å². The Morgan fingerprint density at radius 3 is 2.40 bits per heavy atom. The van der Waals surface area contributed by atoms with Gasteiger partial charge in [0.2, 0.25) is 5.91 Å². The number of rotatable bonds is 6. The molecule has 0 bridgehead atoms. The molecular weight excluding hydrogens is 394 g/mol. The van der Waals surface area contributed by atoms with Gasteiger partial charge in [-0.3, -0.25) is 14.2 Å². The van der Waals surface area contributed by atoms with E-state index in [-0.39, 0.29) is 30.0 Å². The highest BCUT2D eigenvalue weighted by atomic mass is 32.1. The number of hydrogen-bond acceptors (Lipinski definition) is 4. The molecule has 0 saturated carbocycles. The largest absolute Gasteiger partial charge is 0.347 e. The second-order valence-corrected chi connectivity index (χ2v) is 8.62. The van der Waals surface area contributed by atoms with Crippen LogP contribution in [0.4, 0.5) is 0 Å². The standard InChI is InChI=1S/C24H23N3O2S/c1-16(2)22(18-11-7-4-8-12-18)26-21(28)14-27-15-25-19-13-20(30-23(19)24(27)29)17-9-5-3-6-10-17/h3-13,15-16,22H,14H2,1-2H3,(H,26,28)/t22-/m1/s1. The maximum atomic E-state index is 13.0. The van der Waals surface area contributed by atoms with Crippen molar-refractivity contribution in [3.05, 3.63) is 89.0 Å². The molecule has 2 aromatic carbocycles. The summed E-state index contributed by atoms with van der Waals surface area (Å²) in [5.74, 6) is 0.0139. The number of carbonyl (C=O) groups excluding carboxylic acids is 1. The van der Waals surface area contributed by atoms with Gasteiger partial charge in [-0.15, -0.1) is 11.3 Å². The fraction of sp³-hybridized carbons (Fsp3) is 0.208. The molecule has 0 aliphatic carbocycles. The zero-order valence-electron chi connectivity index (χ0n) is 16.9. The van der Waals surface area contributed by atoms with Crippen molar-refractivity contribution in [1.82, 2.24) is 14.9 Å². The Bertz CT molecular complexity index is 1210. The summed E-state index contributed by atoms with van der Waals surface area (Å²) >= 11 is 1.41. The predicted octanol–water partition coefficient (Wildman–Crippen LogP) is 4.64. The maximum absolute atomic E-state index is 13.0. The van der Waals surface area contributed by atoms with Crippen molar-refractivity contribution in [3.8, 4) is 10.4 Å².